The van der Waals surface area contributed by atoms with E-state index in [1.54, 1.807) is 24.8 Å². The molecule has 1 saturated heterocycles. The fraction of sp³-hybridized carbons (Fsp3) is 0.318. The standard InChI is InChI=1S/C22H22F3N5O2/c1-14-2-4-16(5-3-14)28-21-26-12-18(15-8-11-32-13-15)19(29-21)27-17-6-9-30(10-7-17)20(31)22(23,24)25/h2-5,8,11-13,17H,6-7,9-10H2,1H3,(H2,26,27,28,29). The number of carbonyl (C=O) groups excluding carboxylic acids is 1. The van der Waals surface area contributed by atoms with Gasteiger partial charge in [-0.2, -0.15) is 18.2 Å². The average molecular weight is 445 g/mol. The van der Waals surface area contributed by atoms with Gasteiger partial charge in [0.25, 0.3) is 0 Å². The number of nitrogens with zero attached hydrogens (tertiary/aromatic N) is 3. The van der Waals surface area contributed by atoms with Crippen LogP contribution in [-0.4, -0.2) is 46.1 Å². The molecule has 3 aromatic rings. The fourth-order valence-corrected chi connectivity index (χ4v) is 3.55. The van der Waals surface area contributed by atoms with Crippen LogP contribution in [0.5, 0.6) is 0 Å². The summed E-state index contributed by atoms with van der Waals surface area (Å²) in [6.07, 6.45) is 0.673. The van der Waals surface area contributed by atoms with E-state index in [1.165, 1.54) is 0 Å². The molecule has 32 heavy (non-hydrogen) atoms. The monoisotopic (exact) mass is 445 g/mol. The van der Waals surface area contributed by atoms with Crippen LogP contribution in [0.25, 0.3) is 11.1 Å². The molecule has 1 aliphatic rings. The van der Waals surface area contributed by atoms with Crippen molar-refractivity contribution in [3.8, 4) is 11.1 Å². The Hall–Kier alpha value is -3.56. The van der Waals surface area contributed by atoms with E-state index >= 15 is 0 Å². The number of hydrogen-bond acceptors (Lipinski definition) is 6. The van der Waals surface area contributed by atoms with E-state index in [1.807, 2.05) is 31.2 Å². The first-order valence-corrected chi connectivity index (χ1v) is 10.2. The molecule has 7 nitrogen and oxygen atoms in total. The molecule has 1 aliphatic heterocycles. The van der Waals surface area contributed by atoms with Gasteiger partial charge in [-0.15, -0.1) is 0 Å². The molecule has 3 heterocycles. The van der Waals surface area contributed by atoms with Crippen LogP contribution in [0.2, 0.25) is 0 Å². The first-order chi connectivity index (χ1) is 15.3. The number of piperidine rings is 1. The number of nitrogens with one attached hydrogen (secondary N) is 2. The Morgan fingerprint density at radius 3 is 2.50 bits per heavy atom. The number of anilines is 3. The minimum Gasteiger partial charge on any atom is -0.472 e. The summed E-state index contributed by atoms with van der Waals surface area (Å²) in [5.41, 5.74) is 3.45. The summed E-state index contributed by atoms with van der Waals surface area (Å²) >= 11 is 0. The number of rotatable bonds is 5. The molecule has 0 unspecified atom stereocenters. The SMILES string of the molecule is Cc1ccc(Nc2ncc(-c3ccoc3)c(NC3CCN(C(=O)C(F)(F)F)CC3)n2)cc1. The van der Waals surface area contributed by atoms with E-state index in [0.29, 0.717) is 30.2 Å². The van der Waals surface area contributed by atoms with Crippen LogP contribution in [0.1, 0.15) is 18.4 Å². The molecule has 1 fully saturated rings. The van der Waals surface area contributed by atoms with E-state index in [-0.39, 0.29) is 19.1 Å². The Kier molecular flexibility index (Phi) is 6.02. The number of hydrogen-bond donors (Lipinski definition) is 2. The highest BCUT2D eigenvalue weighted by Gasteiger charge is 2.43. The zero-order valence-corrected chi connectivity index (χ0v) is 17.3. The van der Waals surface area contributed by atoms with E-state index < -0.39 is 12.1 Å². The lowest BCUT2D eigenvalue weighted by atomic mass is 10.0. The van der Waals surface area contributed by atoms with Crippen molar-refractivity contribution in [3.05, 3.63) is 54.6 Å². The van der Waals surface area contributed by atoms with Gasteiger partial charge in [-0.05, 0) is 38.0 Å². The predicted octanol–water partition coefficient (Wildman–Crippen LogP) is 4.75. The predicted molar refractivity (Wildman–Crippen MR) is 113 cm³/mol. The summed E-state index contributed by atoms with van der Waals surface area (Å²) in [6, 6.07) is 9.42. The van der Waals surface area contributed by atoms with E-state index in [0.717, 1.165) is 21.7 Å². The van der Waals surface area contributed by atoms with Gasteiger partial charge in [0.1, 0.15) is 5.82 Å². The number of aromatic nitrogens is 2. The molecule has 1 aromatic carbocycles. The number of likely N-dealkylation sites (tertiary alicyclic amines) is 1. The van der Waals surface area contributed by atoms with Crippen molar-refractivity contribution >= 4 is 23.4 Å². The maximum absolute atomic E-state index is 12.7. The zero-order chi connectivity index (χ0) is 22.7. The van der Waals surface area contributed by atoms with Crippen molar-refractivity contribution in [2.45, 2.75) is 32.0 Å². The molecule has 2 N–H and O–H groups in total. The third-order valence-corrected chi connectivity index (χ3v) is 5.29. The molecular weight excluding hydrogens is 423 g/mol. The fourth-order valence-electron chi connectivity index (χ4n) is 3.55. The first kappa shape index (κ1) is 21.7. The third-order valence-electron chi connectivity index (χ3n) is 5.29. The van der Waals surface area contributed by atoms with Crippen LogP contribution < -0.4 is 10.6 Å². The summed E-state index contributed by atoms with van der Waals surface area (Å²) in [5, 5.41) is 6.48. The summed E-state index contributed by atoms with van der Waals surface area (Å²) in [6.45, 7) is 2.04. The van der Waals surface area contributed by atoms with Crippen LogP contribution in [-0.2, 0) is 4.79 Å². The third kappa shape index (κ3) is 5.01. The topological polar surface area (TPSA) is 83.3 Å². The van der Waals surface area contributed by atoms with E-state index in [2.05, 4.69) is 20.6 Å². The molecule has 0 aliphatic carbocycles. The largest absolute Gasteiger partial charge is 0.472 e. The Labute approximate surface area is 182 Å². The molecule has 0 spiro atoms. The van der Waals surface area contributed by atoms with Gasteiger partial charge in [0, 0.05) is 42.1 Å². The van der Waals surface area contributed by atoms with Gasteiger partial charge in [0.05, 0.1) is 12.5 Å². The number of carbonyl (C=O) groups is 1. The van der Waals surface area contributed by atoms with E-state index in [9.17, 15) is 18.0 Å². The quantitative estimate of drug-likeness (QED) is 0.590. The maximum atomic E-state index is 12.7. The normalized spacial score (nSPS) is 14.9. The second-order valence-electron chi connectivity index (χ2n) is 7.67. The summed E-state index contributed by atoms with van der Waals surface area (Å²) in [5.74, 6) is -0.869. The van der Waals surface area contributed by atoms with Crippen molar-refractivity contribution in [1.29, 1.82) is 0 Å². The van der Waals surface area contributed by atoms with Gasteiger partial charge in [0.15, 0.2) is 0 Å². The average Bonchev–Trinajstić information content (AvgIpc) is 3.30. The number of aryl methyl sites for hydroxylation is 1. The first-order valence-electron chi connectivity index (χ1n) is 10.2. The lowest BCUT2D eigenvalue weighted by molar-refractivity contribution is -0.186. The molecule has 0 bridgehead atoms. The van der Waals surface area contributed by atoms with E-state index in [4.69, 9.17) is 4.42 Å². The molecule has 10 heteroatoms. The second-order valence-corrected chi connectivity index (χ2v) is 7.67. The molecule has 1 amide bonds. The minimum absolute atomic E-state index is 0.0244. The highest BCUT2D eigenvalue weighted by Crippen LogP contribution is 2.30. The lowest BCUT2D eigenvalue weighted by Gasteiger charge is -2.33. The molecule has 4 rings (SSSR count). The maximum Gasteiger partial charge on any atom is 0.471 e. The number of furan rings is 1. The van der Waals surface area contributed by atoms with Crippen LogP contribution in [0.15, 0.2) is 53.5 Å². The number of halogens is 3. The highest BCUT2D eigenvalue weighted by molar-refractivity contribution is 5.82. The van der Waals surface area contributed by atoms with Crippen LogP contribution in [0.3, 0.4) is 0 Å². The van der Waals surface area contributed by atoms with Gasteiger partial charge in [-0.3, -0.25) is 4.79 Å². The van der Waals surface area contributed by atoms with Crippen molar-refractivity contribution in [3.63, 3.8) is 0 Å². The van der Waals surface area contributed by atoms with Crippen molar-refractivity contribution in [1.82, 2.24) is 14.9 Å². The van der Waals surface area contributed by atoms with Crippen molar-refractivity contribution < 1.29 is 22.4 Å². The second kappa shape index (κ2) is 8.89. The van der Waals surface area contributed by atoms with Gasteiger partial charge >= 0.3 is 12.1 Å². The Balaban J connectivity index is 1.51. The number of alkyl halides is 3. The number of amides is 1. The van der Waals surface area contributed by atoms with Crippen molar-refractivity contribution in [2.75, 3.05) is 23.7 Å². The summed E-state index contributed by atoms with van der Waals surface area (Å²) in [4.78, 5) is 21.3. The molecule has 2 aromatic heterocycles. The van der Waals surface area contributed by atoms with Gasteiger partial charge in [-0.25, -0.2) is 4.98 Å². The van der Waals surface area contributed by atoms with Crippen LogP contribution >= 0.6 is 0 Å². The molecule has 168 valence electrons. The number of benzene rings is 1. The highest BCUT2D eigenvalue weighted by atomic mass is 19.4. The van der Waals surface area contributed by atoms with Crippen LogP contribution in [0.4, 0.5) is 30.6 Å². The molecule has 0 radical (unpaired) electrons. The smallest absolute Gasteiger partial charge is 0.471 e. The zero-order valence-electron chi connectivity index (χ0n) is 17.3. The molecule has 0 saturated carbocycles. The summed E-state index contributed by atoms with van der Waals surface area (Å²) < 4.78 is 43.3. The summed E-state index contributed by atoms with van der Waals surface area (Å²) in [7, 11) is 0. The molecule has 0 atom stereocenters. The Morgan fingerprint density at radius 2 is 1.88 bits per heavy atom. The lowest BCUT2D eigenvalue weighted by Crippen LogP contribution is -2.47. The van der Waals surface area contributed by atoms with Gasteiger partial charge in [0.2, 0.25) is 5.95 Å². The Bertz CT molecular complexity index is 1060. The van der Waals surface area contributed by atoms with Gasteiger partial charge < -0.3 is 20.0 Å². The minimum atomic E-state index is -4.85. The Morgan fingerprint density at radius 1 is 1.16 bits per heavy atom. The van der Waals surface area contributed by atoms with Crippen LogP contribution in [0, 0.1) is 6.92 Å². The van der Waals surface area contributed by atoms with Crippen molar-refractivity contribution in [2.24, 2.45) is 0 Å². The van der Waals surface area contributed by atoms with Gasteiger partial charge in [-0.1, -0.05) is 17.7 Å². The molecular formula is C22H22F3N5O2.